The van der Waals surface area contributed by atoms with E-state index in [2.05, 4.69) is 35.1 Å². The van der Waals surface area contributed by atoms with Gasteiger partial charge in [0.1, 0.15) is 11.5 Å². The smallest absolute Gasteiger partial charge is 0.258 e. The molecule has 0 unspecified atom stereocenters. The van der Waals surface area contributed by atoms with Crippen LogP contribution >= 0.6 is 15.9 Å². The van der Waals surface area contributed by atoms with Gasteiger partial charge in [-0.3, -0.25) is 4.79 Å². The topological polar surface area (TPSA) is 47.6 Å². The van der Waals surface area contributed by atoms with Gasteiger partial charge < -0.3 is 14.8 Å². The van der Waals surface area contributed by atoms with Crippen LogP contribution in [0.1, 0.15) is 43.9 Å². The highest BCUT2D eigenvalue weighted by Gasteiger charge is 2.12. The van der Waals surface area contributed by atoms with Crippen LogP contribution < -0.4 is 14.8 Å². The average molecular weight is 406 g/mol. The molecule has 0 heterocycles. The minimum atomic E-state index is -0.164. The van der Waals surface area contributed by atoms with Crippen LogP contribution in [0.2, 0.25) is 0 Å². The van der Waals surface area contributed by atoms with Crippen molar-refractivity contribution < 1.29 is 14.3 Å². The molecule has 25 heavy (non-hydrogen) atoms. The summed E-state index contributed by atoms with van der Waals surface area (Å²) in [4.78, 5) is 12.1. The van der Waals surface area contributed by atoms with Crippen molar-refractivity contribution in [2.75, 3.05) is 13.7 Å². The number of ether oxygens (including phenoxy) is 2. The maximum Gasteiger partial charge on any atom is 0.258 e. The Hall–Kier alpha value is -2.01. The number of carbonyl (C=O) groups is 1. The van der Waals surface area contributed by atoms with E-state index in [4.69, 9.17) is 9.47 Å². The minimum Gasteiger partial charge on any atom is -0.497 e. The largest absolute Gasteiger partial charge is 0.497 e. The van der Waals surface area contributed by atoms with Crippen molar-refractivity contribution in [3.8, 4) is 11.5 Å². The van der Waals surface area contributed by atoms with Gasteiger partial charge in [-0.2, -0.15) is 0 Å². The van der Waals surface area contributed by atoms with E-state index in [0.717, 1.165) is 15.8 Å². The Labute approximate surface area is 157 Å². The summed E-state index contributed by atoms with van der Waals surface area (Å²) < 4.78 is 11.6. The summed E-state index contributed by atoms with van der Waals surface area (Å²) in [6.07, 6.45) is 0. The van der Waals surface area contributed by atoms with Crippen molar-refractivity contribution in [3.63, 3.8) is 0 Å². The van der Waals surface area contributed by atoms with Crippen molar-refractivity contribution in [1.29, 1.82) is 0 Å². The standard InChI is InChI=1S/C20H24BrNO3/c1-13(2)16-7-10-19(18(21)11-16)25-12-20(23)22-14(3)15-5-8-17(24-4)9-6-15/h5-11,13-14H,12H2,1-4H3,(H,22,23)/t14-/m1/s1. The first-order valence-electron chi connectivity index (χ1n) is 8.26. The van der Waals surface area contributed by atoms with E-state index >= 15 is 0 Å². The Morgan fingerprint density at radius 1 is 1.08 bits per heavy atom. The van der Waals surface area contributed by atoms with E-state index in [1.54, 1.807) is 7.11 Å². The molecule has 1 N–H and O–H groups in total. The molecule has 0 aliphatic heterocycles. The molecule has 2 aromatic rings. The third-order valence-corrected chi connectivity index (χ3v) is 4.59. The number of hydrogen-bond acceptors (Lipinski definition) is 3. The minimum absolute atomic E-state index is 0.0277. The Kier molecular flexibility index (Phi) is 6.88. The lowest BCUT2D eigenvalue weighted by molar-refractivity contribution is -0.123. The molecule has 4 nitrogen and oxygen atoms in total. The molecule has 1 amide bonds. The molecule has 0 bridgehead atoms. The van der Waals surface area contributed by atoms with Gasteiger partial charge in [0.05, 0.1) is 17.6 Å². The van der Waals surface area contributed by atoms with E-state index < -0.39 is 0 Å². The Balaban J connectivity index is 1.89. The van der Waals surface area contributed by atoms with Gasteiger partial charge in [-0.1, -0.05) is 32.0 Å². The first-order chi connectivity index (χ1) is 11.9. The van der Waals surface area contributed by atoms with E-state index in [1.165, 1.54) is 5.56 Å². The van der Waals surface area contributed by atoms with E-state index in [0.29, 0.717) is 11.7 Å². The fourth-order valence-electron chi connectivity index (χ4n) is 2.40. The Bertz CT molecular complexity index is 713. The lowest BCUT2D eigenvalue weighted by Gasteiger charge is -2.16. The van der Waals surface area contributed by atoms with Gasteiger partial charge >= 0.3 is 0 Å². The van der Waals surface area contributed by atoms with Gasteiger partial charge in [0.15, 0.2) is 6.61 Å². The fraction of sp³-hybridized carbons (Fsp3) is 0.350. The maximum atomic E-state index is 12.1. The van der Waals surface area contributed by atoms with Gasteiger partial charge in [0.25, 0.3) is 5.91 Å². The molecule has 134 valence electrons. The molecule has 0 aliphatic rings. The number of carbonyl (C=O) groups excluding carboxylic acids is 1. The van der Waals surface area contributed by atoms with Crippen LogP contribution in [0.5, 0.6) is 11.5 Å². The normalized spacial score (nSPS) is 11.9. The van der Waals surface area contributed by atoms with E-state index in [-0.39, 0.29) is 18.6 Å². The quantitative estimate of drug-likeness (QED) is 0.716. The number of hydrogen-bond donors (Lipinski definition) is 1. The van der Waals surface area contributed by atoms with Gasteiger partial charge in [-0.25, -0.2) is 0 Å². The van der Waals surface area contributed by atoms with Gasteiger partial charge in [0.2, 0.25) is 0 Å². The predicted octanol–water partition coefficient (Wildman–Crippen LogP) is 4.84. The number of nitrogens with one attached hydrogen (secondary N) is 1. The molecule has 0 aliphatic carbocycles. The highest BCUT2D eigenvalue weighted by Crippen LogP contribution is 2.28. The van der Waals surface area contributed by atoms with Crippen molar-refractivity contribution in [3.05, 3.63) is 58.1 Å². The van der Waals surface area contributed by atoms with Crippen molar-refractivity contribution in [2.45, 2.75) is 32.7 Å². The van der Waals surface area contributed by atoms with Crippen LogP contribution in [0, 0.1) is 0 Å². The first kappa shape index (κ1) is 19.3. The molecule has 0 aromatic heterocycles. The molecule has 5 heteroatoms. The fourth-order valence-corrected chi connectivity index (χ4v) is 2.91. The summed E-state index contributed by atoms with van der Waals surface area (Å²) in [6.45, 7) is 6.18. The number of halogens is 1. The van der Waals surface area contributed by atoms with Crippen molar-refractivity contribution in [1.82, 2.24) is 5.32 Å². The zero-order valence-corrected chi connectivity index (χ0v) is 16.6. The zero-order valence-electron chi connectivity index (χ0n) is 15.0. The number of rotatable bonds is 7. The van der Waals surface area contributed by atoms with Gasteiger partial charge in [0, 0.05) is 0 Å². The molecular weight excluding hydrogens is 382 g/mol. The summed E-state index contributed by atoms with van der Waals surface area (Å²) in [5.74, 6) is 1.74. The van der Waals surface area contributed by atoms with Crippen LogP contribution in [-0.4, -0.2) is 19.6 Å². The predicted molar refractivity (Wildman–Crippen MR) is 103 cm³/mol. The summed E-state index contributed by atoms with van der Waals surface area (Å²) in [5.41, 5.74) is 2.23. The third-order valence-electron chi connectivity index (χ3n) is 3.97. The second kappa shape index (κ2) is 8.90. The van der Waals surface area contributed by atoms with Crippen molar-refractivity contribution >= 4 is 21.8 Å². The second-order valence-corrected chi connectivity index (χ2v) is 7.05. The Morgan fingerprint density at radius 2 is 1.72 bits per heavy atom. The third kappa shape index (κ3) is 5.49. The molecule has 0 fully saturated rings. The number of amides is 1. The summed E-state index contributed by atoms with van der Waals surface area (Å²) in [7, 11) is 1.63. The van der Waals surface area contributed by atoms with Crippen LogP contribution in [-0.2, 0) is 4.79 Å². The van der Waals surface area contributed by atoms with Gasteiger partial charge in [-0.15, -0.1) is 0 Å². The van der Waals surface area contributed by atoms with Crippen LogP contribution in [0.4, 0.5) is 0 Å². The Morgan fingerprint density at radius 3 is 2.28 bits per heavy atom. The van der Waals surface area contributed by atoms with Crippen molar-refractivity contribution in [2.24, 2.45) is 0 Å². The molecular formula is C20H24BrNO3. The van der Waals surface area contributed by atoms with E-state index in [9.17, 15) is 4.79 Å². The number of methoxy groups -OCH3 is 1. The lowest BCUT2D eigenvalue weighted by atomic mass is 10.0. The van der Waals surface area contributed by atoms with Gasteiger partial charge in [-0.05, 0) is 64.2 Å². The second-order valence-electron chi connectivity index (χ2n) is 6.20. The molecule has 0 radical (unpaired) electrons. The van der Waals surface area contributed by atoms with Crippen LogP contribution in [0.3, 0.4) is 0 Å². The average Bonchev–Trinajstić information content (AvgIpc) is 2.60. The zero-order chi connectivity index (χ0) is 18.4. The lowest BCUT2D eigenvalue weighted by Crippen LogP contribution is -2.31. The first-order valence-corrected chi connectivity index (χ1v) is 9.05. The maximum absolute atomic E-state index is 12.1. The van der Waals surface area contributed by atoms with Crippen LogP contribution in [0.15, 0.2) is 46.9 Å². The van der Waals surface area contributed by atoms with E-state index in [1.807, 2.05) is 49.4 Å². The SMILES string of the molecule is COc1ccc([C@@H](C)NC(=O)COc2ccc(C(C)C)cc2Br)cc1. The molecule has 0 spiro atoms. The molecule has 2 aromatic carbocycles. The summed E-state index contributed by atoms with van der Waals surface area (Å²) in [5, 5.41) is 2.93. The highest BCUT2D eigenvalue weighted by molar-refractivity contribution is 9.10. The van der Waals surface area contributed by atoms with Crippen LogP contribution in [0.25, 0.3) is 0 Å². The summed E-state index contributed by atoms with van der Waals surface area (Å²) >= 11 is 3.50. The monoisotopic (exact) mass is 405 g/mol. The summed E-state index contributed by atoms with van der Waals surface area (Å²) in [6, 6.07) is 13.5. The molecule has 0 saturated carbocycles. The number of benzene rings is 2. The molecule has 2 rings (SSSR count). The molecule has 1 atom stereocenters. The molecule has 0 saturated heterocycles. The highest BCUT2D eigenvalue weighted by atomic mass is 79.9.